The number of thiocarbonyl (C=S) groups is 1. The third-order valence-electron chi connectivity index (χ3n) is 4.58. The number of fused-ring (bicyclic) bond motifs is 1. The molecule has 0 spiro atoms. The Hall–Kier alpha value is -3.40. The monoisotopic (exact) mass is 484 g/mol. The van der Waals surface area contributed by atoms with Crippen LogP contribution in [0.5, 0.6) is 0 Å². The van der Waals surface area contributed by atoms with E-state index < -0.39 is 5.97 Å². The fourth-order valence-electron chi connectivity index (χ4n) is 3.01. The third kappa shape index (κ3) is 4.59. The number of esters is 1. The number of hydrazine groups is 1. The van der Waals surface area contributed by atoms with Gasteiger partial charge in [-0.05, 0) is 66.8 Å². The lowest BCUT2D eigenvalue weighted by molar-refractivity contribution is 0.0606. The summed E-state index contributed by atoms with van der Waals surface area (Å²) in [6, 6.07) is 16.4. The molecule has 0 aliphatic heterocycles. The van der Waals surface area contributed by atoms with Gasteiger partial charge >= 0.3 is 5.97 Å². The Morgan fingerprint density at radius 3 is 2.47 bits per heavy atom. The van der Waals surface area contributed by atoms with Crippen LogP contribution < -0.4 is 16.2 Å². The number of anilines is 1. The van der Waals surface area contributed by atoms with Crippen LogP contribution in [0.4, 0.5) is 5.69 Å². The Balaban J connectivity index is 1.36. The van der Waals surface area contributed by atoms with Gasteiger partial charge < -0.3 is 14.6 Å². The molecule has 0 aliphatic carbocycles. The number of benzene rings is 2. The first-order chi connectivity index (χ1) is 15.5. The first kappa shape index (κ1) is 21.8. The Labute approximate surface area is 197 Å². The maximum atomic E-state index is 12.4. The van der Waals surface area contributed by atoms with Gasteiger partial charge in [0.2, 0.25) is 0 Å². The first-order valence-corrected chi connectivity index (χ1v) is 11.0. The smallest absolute Gasteiger partial charge is 0.349 e. The lowest BCUT2D eigenvalue weighted by Gasteiger charge is -2.12. The van der Waals surface area contributed by atoms with Crippen LogP contribution in [0.2, 0.25) is 5.02 Å². The number of carbonyl (C=O) groups is 2. The van der Waals surface area contributed by atoms with Gasteiger partial charge in [-0.25, -0.2) is 4.79 Å². The first-order valence-electron chi connectivity index (χ1n) is 9.37. The zero-order chi connectivity index (χ0) is 22.7. The Bertz CT molecular complexity index is 1300. The van der Waals surface area contributed by atoms with Crippen molar-refractivity contribution < 1.29 is 14.3 Å². The lowest BCUT2D eigenvalue weighted by Crippen LogP contribution is -2.43. The van der Waals surface area contributed by atoms with E-state index in [1.54, 1.807) is 24.3 Å². The number of amides is 1. The van der Waals surface area contributed by atoms with Crippen LogP contribution in [-0.4, -0.2) is 28.7 Å². The van der Waals surface area contributed by atoms with Crippen molar-refractivity contribution in [2.45, 2.75) is 0 Å². The summed E-state index contributed by atoms with van der Waals surface area (Å²) in [5.74, 6) is -0.802. The summed E-state index contributed by atoms with van der Waals surface area (Å²) in [5.41, 5.74) is 7.37. The largest absolute Gasteiger partial charge is 0.465 e. The molecule has 2 aromatic carbocycles. The fourth-order valence-corrected chi connectivity index (χ4v) is 4.64. The molecule has 0 radical (unpaired) electrons. The molecule has 7 nitrogen and oxygen atoms in total. The molecule has 3 N–H and O–H groups in total. The Morgan fingerprint density at radius 2 is 1.78 bits per heavy atom. The summed E-state index contributed by atoms with van der Waals surface area (Å²) >= 11 is 12.8. The lowest BCUT2D eigenvalue weighted by atomic mass is 10.2. The summed E-state index contributed by atoms with van der Waals surface area (Å²) < 4.78 is 7.51. The minimum absolute atomic E-state index is 0.206. The zero-order valence-electron chi connectivity index (χ0n) is 16.7. The molecule has 4 rings (SSSR count). The van der Waals surface area contributed by atoms with Gasteiger partial charge in [-0.1, -0.05) is 11.6 Å². The van der Waals surface area contributed by atoms with Gasteiger partial charge in [0.1, 0.15) is 4.88 Å². The molecular formula is C22H17ClN4O3S2. The third-order valence-corrected chi connectivity index (χ3v) is 6.42. The van der Waals surface area contributed by atoms with Gasteiger partial charge in [-0.15, -0.1) is 11.3 Å². The van der Waals surface area contributed by atoms with Crippen molar-refractivity contribution in [2.75, 3.05) is 12.4 Å². The number of nitrogens with one attached hydrogen (secondary N) is 3. The van der Waals surface area contributed by atoms with Crippen molar-refractivity contribution in [3.63, 3.8) is 0 Å². The summed E-state index contributed by atoms with van der Waals surface area (Å²) in [6.45, 7) is 0. The predicted octanol–water partition coefficient (Wildman–Crippen LogP) is 4.76. The van der Waals surface area contributed by atoms with Crippen molar-refractivity contribution >= 4 is 67.9 Å². The van der Waals surface area contributed by atoms with E-state index in [4.69, 9.17) is 28.6 Å². The number of methoxy groups -OCH3 is 1. The number of nitrogens with zero attached hydrogens (tertiary/aromatic N) is 1. The summed E-state index contributed by atoms with van der Waals surface area (Å²) in [7, 11) is 1.31. The fraction of sp³-hybridized carbons (Fsp3) is 0.0455. The second-order valence-electron chi connectivity index (χ2n) is 6.62. The molecule has 0 saturated heterocycles. The van der Waals surface area contributed by atoms with Crippen molar-refractivity contribution in [1.82, 2.24) is 15.4 Å². The van der Waals surface area contributed by atoms with E-state index in [0.29, 0.717) is 21.2 Å². The Kier molecular flexibility index (Phi) is 6.40. The number of carbonyl (C=O) groups excluding carboxylic acids is 2. The number of thiophene rings is 1. The molecule has 2 aromatic heterocycles. The minimum atomic E-state index is -0.480. The molecule has 1 amide bonds. The summed E-state index contributed by atoms with van der Waals surface area (Å²) in [4.78, 5) is 24.6. The second kappa shape index (κ2) is 9.39. The van der Waals surface area contributed by atoms with Crippen LogP contribution in [0, 0.1) is 0 Å². The van der Waals surface area contributed by atoms with E-state index in [2.05, 4.69) is 16.2 Å². The van der Waals surface area contributed by atoms with Crippen molar-refractivity contribution in [1.29, 1.82) is 0 Å². The van der Waals surface area contributed by atoms with Crippen LogP contribution in [0.3, 0.4) is 0 Å². The minimum Gasteiger partial charge on any atom is -0.465 e. The van der Waals surface area contributed by atoms with Crippen LogP contribution in [0.25, 0.3) is 15.8 Å². The van der Waals surface area contributed by atoms with E-state index in [0.717, 1.165) is 15.8 Å². The number of aromatic nitrogens is 1. The molecule has 0 saturated carbocycles. The van der Waals surface area contributed by atoms with E-state index >= 15 is 0 Å². The second-order valence-corrected chi connectivity index (χ2v) is 8.46. The molecule has 32 heavy (non-hydrogen) atoms. The predicted molar refractivity (Wildman–Crippen MR) is 131 cm³/mol. The Morgan fingerprint density at radius 1 is 1.06 bits per heavy atom. The molecule has 0 unspecified atom stereocenters. The van der Waals surface area contributed by atoms with E-state index in [1.165, 1.54) is 18.4 Å². The van der Waals surface area contributed by atoms with Crippen molar-refractivity contribution in [3.8, 4) is 5.69 Å². The highest BCUT2D eigenvalue weighted by molar-refractivity contribution is 7.80. The summed E-state index contributed by atoms with van der Waals surface area (Å²) in [5, 5.41) is 4.30. The maximum Gasteiger partial charge on any atom is 0.349 e. The molecule has 0 aliphatic rings. The SMILES string of the molecule is COC(=O)c1sc2cc(NC(=S)NNC(=O)c3ccc(-n4cccc4)cc3)ccc2c1Cl. The van der Waals surface area contributed by atoms with Gasteiger partial charge in [-0.3, -0.25) is 15.6 Å². The normalized spacial score (nSPS) is 10.6. The standard InChI is InChI=1S/C22H17ClN4O3S2/c1-30-21(29)19-18(23)16-9-6-14(12-17(16)32-19)24-22(31)26-25-20(28)13-4-7-15(8-5-13)27-10-2-3-11-27/h2-12H,1H3,(H,25,28)(H2,24,26,31). The van der Waals surface area contributed by atoms with Crippen molar-refractivity contribution in [2.24, 2.45) is 0 Å². The van der Waals surface area contributed by atoms with Gasteiger partial charge in [0.15, 0.2) is 5.11 Å². The van der Waals surface area contributed by atoms with Crippen LogP contribution in [0.1, 0.15) is 20.0 Å². The molecule has 4 aromatic rings. The number of ether oxygens (including phenoxy) is 1. The highest BCUT2D eigenvalue weighted by Gasteiger charge is 2.18. The average molecular weight is 485 g/mol. The number of hydrogen-bond donors (Lipinski definition) is 3. The van der Waals surface area contributed by atoms with Gasteiger partial charge in [0.05, 0.1) is 12.1 Å². The molecule has 10 heteroatoms. The molecule has 0 bridgehead atoms. The van der Waals surface area contributed by atoms with E-state index in [1.807, 2.05) is 47.3 Å². The molecule has 162 valence electrons. The molecular weight excluding hydrogens is 468 g/mol. The number of hydrogen-bond acceptors (Lipinski definition) is 5. The highest BCUT2D eigenvalue weighted by atomic mass is 35.5. The van der Waals surface area contributed by atoms with E-state index in [9.17, 15) is 9.59 Å². The quantitative estimate of drug-likeness (QED) is 0.220. The van der Waals surface area contributed by atoms with Crippen LogP contribution in [0.15, 0.2) is 67.0 Å². The topological polar surface area (TPSA) is 84.4 Å². The van der Waals surface area contributed by atoms with Gasteiger partial charge in [0.25, 0.3) is 5.91 Å². The summed E-state index contributed by atoms with van der Waals surface area (Å²) in [6.07, 6.45) is 3.86. The van der Waals surface area contributed by atoms with E-state index in [-0.39, 0.29) is 11.0 Å². The highest BCUT2D eigenvalue weighted by Crippen LogP contribution is 2.37. The van der Waals surface area contributed by atoms with Gasteiger partial charge in [0, 0.05) is 39.4 Å². The molecule has 2 heterocycles. The van der Waals surface area contributed by atoms with Crippen LogP contribution >= 0.6 is 35.2 Å². The number of rotatable bonds is 4. The maximum absolute atomic E-state index is 12.4. The average Bonchev–Trinajstić information content (AvgIpc) is 3.45. The van der Waals surface area contributed by atoms with Crippen molar-refractivity contribution in [3.05, 3.63) is 82.5 Å². The number of halogens is 1. The zero-order valence-corrected chi connectivity index (χ0v) is 19.1. The molecule has 0 atom stereocenters. The van der Waals surface area contributed by atoms with Gasteiger partial charge in [-0.2, -0.15) is 0 Å². The molecule has 0 fully saturated rings. The van der Waals surface area contributed by atoms with Crippen LogP contribution in [-0.2, 0) is 4.74 Å².